The number of rotatable bonds is 3. The van der Waals surface area contributed by atoms with Gasteiger partial charge in [0.15, 0.2) is 0 Å². The molecule has 0 radical (unpaired) electrons. The second-order valence-corrected chi connectivity index (χ2v) is 6.65. The molecular formula is C7H6Br2ClNO2S. The maximum Gasteiger partial charge on any atom is 0.242 e. The van der Waals surface area contributed by atoms with Gasteiger partial charge in [0, 0.05) is 0 Å². The van der Waals surface area contributed by atoms with Crippen LogP contribution in [0.3, 0.4) is 0 Å². The van der Waals surface area contributed by atoms with Crippen molar-refractivity contribution in [2.45, 2.75) is 0 Å². The SMILES string of the molecule is O=S(=O)(CBr)Nc1cccc(Cl)c1Br. The number of benzene rings is 1. The number of nitrogens with one attached hydrogen (secondary N) is 1. The molecule has 0 saturated carbocycles. The smallest absolute Gasteiger partial charge is 0.242 e. The first-order valence-electron chi connectivity index (χ1n) is 3.47. The van der Waals surface area contributed by atoms with Gasteiger partial charge >= 0.3 is 0 Å². The summed E-state index contributed by atoms with van der Waals surface area (Å²) < 4.78 is 25.2. The lowest BCUT2D eigenvalue weighted by atomic mass is 10.3. The number of hydrogen-bond donors (Lipinski definition) is 1. The van der Waals surface area contributed by atoms with E-state index in [4.69, 9.17) is 11.6 Å². The average molecular weight is 363 g/mol. The molecule has 78 valence electrons. The van der Waals surface area contributed by atoms with E-state index in [1.807, 2.05) is 0 Å². The Balaban J connectivity index is 3.05. The van der Waals surface area contributed by atoms with Gasteiger partial charge in [-0.2, -0.15) is 0 Å². The Morgan fingerprint density at radius 3 is 2.64 bits per heavy atom. The molecule has 0 aliphatic carbocycles. The van der Waals surface area contributed by atoms with Gasteiger partial charge in [0.1, 0.15) is 4.66 Å². The van der Waals surface area contributed by atoms with Crippen LogP contribution in [0.25, 0.3) is 0 Å². The van der Waals surface area contributed by atoms with Gasteiger partial charge in [-0.1, -0.05) is 33.6 Å². The molecule has 7 heteroatoms. The van der Waals surface area contributed by atoms with E-state index < -0.39 is 10.0 Å². The number of hydrogen-bond acceptors (Lipinski definition) is 2. The maximum absolute atomic E-state index is 11.2. The lowest BCUT2D eigenvalue weighted by Gasteiger charge is -2.07. The Morgan fingerprint density at radius 2 is 2.07 bits per heavy atom. The van der Waals surface area contributed by atoms with Crippen LogP contribution in [-0.2, 0) is 10.0 Å². The van der Waals surface area contributed by atoms with Crippen LogP contribution in [0, 0.1) is 0 Å². The Bertz CT molecular complexity index is 435. The van der Waals surface area contributed by atoms with Crippen LogP contribution in [0.15, 0.2) is 22.7 Å². The minimum atomic E-state index is -3.33. The first-order valence-corrected chi connectivity index (χ1v) is 7.41. The van der Waals surface area contributed by atoms with Crippen LogP contribution in [0.1, 0.15) is 0 Å². The first-order chi connectivity index (χ1) is 6.46. The van der Waals surface area contributed by atoms with Crippen molar-refractivity contribution in [2.75, 3.05) is 9.38 Å². The quantitative estimate of drug-likeness (QED) is 0.839. The largest absolute Gasteiger partial charge is 0.282 e. The first kappa shape index (κ1) is 12.3. The van der Waals surface area contributed by atoms with Gasteiger partial charge < -0.3 is 0 Å². The van der Waals surface area contributed by atoms with E-state index in [9.17, 15) is 8.42 Å². The number of anilines is 1. The van der Waals surface area contributed by atoms with E-state index in [1.54, 1.807) is 18.2 Å². The van der Waals surface area contributed by atoms with Gasteiger partial charge in [-0.05, 0) is 28.1 Å². The third kappa shape index (κ3) is 3.12. The summed E-state index contributed by atoms with van der Waals surface area (Å²) in [7, 11) is -3.33. The van der Waals surface area contributed by atoms with Crippen LogP contribution in [-0.4, -0.2) is 13.1 Å². The van der Waals surface area contributed by atoms with Crippen molar-refractivity contribution in [3.63, 3.8) is 0 Å². The lowest BCUT2D eigenvalue weighted by Crippen LogP contribution is -2.13. The van der Waals surface area contributed by atoms with E-state index >= 15 is 0 Å². The summed E-state index contributed by atoms with van der Waals surface area (Å²) in [5.41, 5.74) is 0.428. The molecular weight excluding hydrogens is 357 g/mol. The van der Waals surface area contributed by atoms with Gasteiger partial charge in [0.2, 0.25) is 10.0 Å². The van der Waals surface area contributed by atoms with Crippen LogP contribution >= 0.6 is 43.5 Å². The van der Waals surface area contributed by atoms with Gasteiger partial charge in [0.05, 0.1) is 15.2 Å². The average Bonchev–Trinajstić information content (AvgIpc) is 2.13. The number of sulfonamides is 1. The lowest BCUT2D eigenvalue weighted by molar-refractivity contribution is 0.606. The molecule has 0 aliphatic heterocycles. The van der Waals surface area contributed by atoms with Gasteiger partial charge in [-0.15, -0.1) is 0 Å². The highest BCUT2D eigenvalue weighted by Gasteiger charge is 2.11. The molecule has 0 unspecified atom stereocenters. The number of alkyl halides is 1. The van der Waals surface area contributed by atoms with Crippen molar-refractivity contribution in [1.29, 1.82) is 0 Å². The molecule has 0 spiro atoms. The minimum Gasteiger partial charge on any atom is -0.282 e. The van der Waals surface area contributed by atoms with E-state index in [-0.39, 0.29) is 4.66 Å². The van der Waals surface area contributed by atoms with E-state index in [0.29, 0.717) is 15.2 Å². The fourth-order valence-corrected chi connectivity index (χ4v) is 2.35. The van der Waals surface area contributed by atoms with Crippen molar-refractivity contribution in [3.8, 4) is 0 Å². The van der Waals surface area contributed by atoms with Crippen molar-refractivity contribution in [3.05, 3.63) is 27.7 Å². The molecule has 0 atom stereocenters. The molecule has 0 amide bonds. The molecule has 0 aromatic heterocycles. The zero-order valence-corrected chi connectivity index (χ0v) is 11.5. The second-order valence-electron chi connectivity index (χ2n) is 2.43. The molecule has 1 aromatic rings. The second kappa shape index (κ2) is 4.83. The highest BCUT2D eigenvalue weighted by Crippen LogP contribution is 2.30. The minimum absolute atomic E-state index is 0.154. The highest BCUT2D eigenvalue weighted by molar-refractivity contribution is 9.11. The Hall–Kier alpha value is 0.220. The Morgan fingerprint density at radius 1 is 1.43 bits per heavy atom. The van der Waals surface area contributed by atoms with Gasteiger partial charge in [-0.3, -0.25) is 4.72 Å². The van der Waals surface area contributed by atoms with Crippen LogP contribution in [0.2, 0.25) is 5.02 Å². The summed E-state index contributed by atoms with van der Waals surface area (Å²) in [6, 6.07) is 4.95. The van der Waals surface area contributed by atoms with Crippen LogP contribution in [0.5, 0.6) is 0 Å². The summed E-state index contributed by atoms with van der Waals surface area (Å²) in [6.07, 6.45) is 0. The summed E-state index contributed by atoms with van der Waals surface area (Å²) in [5, 5.41) is 0.458. The van der Waals surface area contributed by atoms with Crippen molar-refractivity contribution in [2.24, 2.45) is 0 Å². The molecule has 0 aliphatic rings. The van der Waals surface area contributed by atoms with E-state index in [2.05, 4.69) is 36.6 Å². The Labute approximate surface area is 104 Å². The van der Waals surface area contributed by atoms with Gasteiger partial charge in [-0.25, -0.2) is 8.42 Å². The third-order valence-corrected chi connectivity index (χ3v) is 5.38. The molecule has 0 saturated heterocycles. The normalized spacial score (nSPS) is 11.4. The molecule has 0 bridgehead atoms. The zero-order valence-electron chi connectivity index (χ0n) is 6.80. The van der Waals surface area contributed by atoms with Crippen LogP contribution in [0.4, 0.5) is 5.69 Å². The predicted molar refractivity (Wildman–Crippen MR) is 65.5 cm³/mol. The summed E-state index contributed by atoms with van der Waals surface area (Å²) in [4.78, 5) is 0. The van der Waals surface area contributed by atoms with Crippen molar-refractivity contribution in [1.82, 2.24) is 0 Å². The van der Waals surface area contributed by atoms with Crippen LogP contribution < -0.4 is 4.72 Å². The molecule has 3 nitrogen and oxygen atoms in total. The predicted octanol–water partition coefficient (Wildman–Crippen LogP) is 3.20. The summed E-state index contributed by atoms with van der Waals surface area (Å²) in [5.74, 6) is 0. The van der Waals surface area contributed by atoms with E-state index in [1.165, 1.54) is 0 Å². The summed E-state index contributed by atoms with van der Waals surface area (Å²) in [6.45, 7) is 0. The van der Waals surface area contributed by atoms with Crippen molar-refractivity contribution >= 4 is 59.2 Å². The molecule has 1 aromatic carbocycles. The molecule has 0 heterocycles. The molecule has 1 N–H and O–H groups in total. The number of halogens is 3. The molecule has 1 rings (SSSR count). The molecule has 14 heavy (non-hydrogen) atoms. The van der Waals surface area contributed by atoms with Crippen molar-refractivity contribution < 1.29 is 8.42 Å². The monoisotopic (exact) mass is 361 g/mol. The highest BCUT2D eigenvalue weighted by atomic mass is 79.9. The maximum atomic E-state index is 11.2. The summed E-state index contributed by atoms with van der Waals surface area (Å²) >= 11 is 11.9. The third-order valence-electron chi connectivity index (χ3n) is 1.36. The van der Waals surface area contributed by atoms with Gasteiger partial charge in [0.25, 0.3) is 0 Å². The zero-order chi connectivity index (χ0) is 10.8. The fraction of sp³-hybridized carbons (Fsp3) is 0.143. The topological polar surface area (TPSA) is 46.2 Å². The van der Waals surface area contributed by atoms with E-state index in [0.717, 1.165) is 0 Å². The Kier molecular flexibility index (Phi) is 4.24. The fourth-order valence-electron chi connectivity index (χ4n) is 0.777. The standard InChI is InChI=1S/C7H6Br2ClNO2S/c8-4-14(12,13)11-6-3-1-2-5(10)7(6)9/h1-3,11H,4H2. The molecule has 0 fully saturated rings.